The highest BCUT2D eigenvalue weighted by atomic mass is 32.1. The molecule has 1 aromatic heterocycles. The molecule has 4 heteroatoms. The van der Waals surface area contributed by atoms with Crippen molar-refractivity contribution in [2.75, 3.05) is 0 Å². The molecule has 0 radical (unpaired) electrons. The lowest BCUT2D eigenvalue weighted by atomic mass is 10.0. The van der Waals surface area contributed by atoms with Gasteiger partial charge in [-0.3, -0.25) is 4.79 Å². The standard InChI is InChI=1S/C8H10N2OS/c9-7(11)8(1-2-8)3-6-4-12-5-10-6/h4-5H,1-3H2,(H2,9,11). The lowest BCUT2D eigenvalue weighted by Gasteiger charge is -2.06. The van der Waals surface area contributed by atoms with Crippen molar-refractivity contribution < 1.29 is 4.79 Å². The molecule has 3 nitrogen and oxygen atoms in total. The Hall–Kier alpha value is -0.900. The summed E-state index contributed by atoms with van der Waals surface area (Å²) in [6.45, 7) is 0. The first-order valence-corrected chi connectivity index (χ1v) is 4.84. The summed E-state index contributed by atoms with van der Waals surface area (Å²) in [7, 11) is 0. The number of amides is 1. The smallest absolute Gasteiger partial charge is 0.224 e. The van der Waals surface area contributed by atoms with E-state index in [2.05, 4.69) is 4.98 Å². The first-order chi connectivity index (χ1) is 5.73. The summed E-state index contributed by atoms with van der Waals surface area (Å²) in [4.78, 5) is 15.1. The van der Waals surface area contributed by atoms with E-state index in [1.54, 1.807) is 16.8 Å². The minimum absolute atomic E-state index is 0.171. The second kappa shape index (κ2) is 2.55. The van der Waals surface area contributed by atoms with Crippen molar-refractivity contribution in [1.29, 1.82) is 0 Å². The van der Waals surface area contributed by atoms with E-state index in [1.807, 2.05) is 5.38 Å². The number of carbonyl (C=O) groups is 1. The van der Waals surface area contributed by atoms with Crippen LogP contribution in [0.3, 0.4) is 0 Å². The Bertz CT molecular complexity index is 290. The highest BCUT2D eigenvalue weighted by Gasteiger charge is 2.48. The van der Waals surface area contributed by atoms with Crippen LogP contribution in [0.5, 0.6) is 0 Å². The van der Waals surface area contributed by atoms with Gasteiger partial charge in [-0.05, 0) is 12.8 Å². The number of rotatable bonds is 3. The summed E-state index contributed by atoms with van der Waals surface area (Å²) in [6, 6.07) is 0. The first-order valence-electron chi connectivity index (χ1n) is 3.90. The Labute approximate surface area is 74.6 Å². The van der Waals surface area contributed by atoms with Crippen molar-refractivity contribution in [1.82, 2.24) is 4.98 Å². The molecule has 1 heterocycles. The van der Waals surface area contributed by atoms with E-state index in [-0.39, 0.29) is 11.3 Å². The molecule has 1 aliphatic rings. The van der Waals surface area contributed by atoms with Crippen LogP contribution in [0.4, 0.5) is 0 Å². The first kappa shape index (κ1) is 7.73. The van der Waals surface area contributed by atoms with Crippen molar-refractivity contribution >= 4 is 17.2 Å². The van der Waals surface area contributed by atoms with Crippen LogP contribution in [0.1, 0.15) is 18.5 Å². The number of hydrogen-bond donors (Lipinski definition) is 1. The van der Waals surface area contributed by atoms with E-state index in [0.29, 0.717) is 0 Å². The normalized spacial score (nSPS) is 19.0. The predicted molar refractivity (Wildman–Crippen MR) is 46.7 cm³/mol. The van der Waals surface area contributed by atoms with Crippen LogP contribution >= 0.6 is 11.3 Å². The topological polar surface area (TPSA) is 56.0 Å². The van der Waals surface area contributed by atoms with Gasteiger partial charge in [0.05, 0.1) is 16.6 Å². The number of carbonyl (C=O) groups excluding carboxylic acids is 1. The molecular weight excluding hydrogens is 172 g/mol. The maximum atomic E-state index is 11.0. The van der Waals surface area contributed by atoms with Gasteiger partial charge in [0.2, 0.25) is 5.91 Å². The summed E-state index contributed by atoms with van der Waals surface area (Å²) >= 11 is 1.56. The zero-order valence-electron chi connectivity index (χ0n) is 6.62. The quantitative estimate of drug-likeness (QED) is 0.756. The Morgan fingerprint density at radius 2 is 2.50 bits per heavy atom. The molecule has 0 aliphatic heterocycles. The molecule has 2 N–H and O–H groups in total. The summed E-state index contributed by atoms with van der Waals surface area (Å²) in [6.07, 6.45) is 2.59. The van der Waals surface area contributed by atoms with Gasteiger partial charge in [-0.25, -0.2) is 4.98 Å². The van der Waals surface area contributed by atoms with E-state index >= 15 is 0 Å². The highest BCUT2D eigenvalue weighted by Crippen LogP contribution is 2.47. The van der Waals surface area contributed by atoms with Crippen molar-refractivity contribution in [2.24, 2.45) is 11.1 Å². The molecule has 2 rings (SSSR count). The lowest BCUT2D eigenvalue weighted by Crippen LogP contribution is -2.26. The van der Waals surface area contributed by atoms with Crippen LogP contribution in [0, 0.1) is 5.41 Å². The van der Waals surface area contributed by atoms with Crippen molar-refractivity contribution in [3.63, 3.8) is 0 Å². The third kappa shape index (κ3) is 1.22. The van der Waals surface area contributed by atoms with Gasteiger partial charge in [0, 0.05) is 11.8 Å². The number of nitrogens with zero attached hydrogens (tertiary/aromatic N) is 1. The second-order valence-electron chi connectivity index (χ2n) is 3.30. The fourth-order valence-electron chi connectivity index (χ4n) is 1.33. The zero-order chi connectivity index (χ0) is 8.60. The summed E-state index contributed by atoms with van der Waals surface area (Å²) in [5.41, 5.74) is 7.82. The third-order valence-electron chi connectivity index (χ3n) is 2.38. The molecule has 0 atom stereocenters. The maximum absolute atomic E-state index is 11.0. The van der Waals surface area contributed by atoms with Crippen LogP contribution < -0.4 is 5.73 Å². The largest absolute Gasteiger partial charge is 0.369 e. The molecular formula is C8H10N2OS. The number of aromatic nitrogens is 1. The molecule has 0 spiro atoms. The van der Waals surface area contributed by atoms with Gasteiger partial charge in [-0.1, -0.05) is 0 Å². The highest BCUT2D eigenvalue weighted by molar-refractivity contribution is 7.07. The van der Waals surface area contributed by atoms with Crippen LogP contribution in [0.15, 0.2) is 10.9 Å². The van der Waals surface area contributed by atoms with Gasteiger partial charge in [0.15, 0.2) is 0 Å². The average molecular weight is 182 g/mol. The minimum Gasteiger partial charge on any atom is -0.369 e. The van der Waals surface area contributed by atoms with Gasteiger partial charge in [0.25, 0.3) is 0 Å². The zero-order valence-corrected chi connectivity index (χ0v) is 7.43. The maximum Gasteiger partial charge on any atom is 0.224 e. The molecule has 1 saturated carbocycles. The summed E-state index contributed by atoms with van der Waals surface area (Å²) < 4.78 is 0. The Balaban J connectivity index is 2.09. The van der Waals surface area contributed by atoms with Crippen LogP contribution in [0.2, 0.25) is 0 Å². The van der Waals surface area contributed by atoms with Crippen LogP contribution in [-0.2, 0) is 11.2 Å². The Morgan fingerprint density at radius 1 is 1.75 bits per heavy atom. The molecule has 1 aromatic rings. The SMILES string of the molecule is NC(=O)C1(Cc2cscn2)CC1. The Kier molecular flexibility index (Phi) is 1.65. The molecule has 1 fully saturated rings. The van der Waals surface area contributed by atoms with Gasteiger partial charge in [-0.2, -0.15) is 0 Å². The van der Waals surface area contributed by atoms with Gasteiger partial charge < -0.3 is 5.73 Å². The molecule has 0 saturated heterocycles. The third-order valence-corrected chi connectivity index (χ3v) is 3.01. The van der Waals surface area contributed by atoms with Crippen LogP contribution in [0.25, 0.3) is 0 Å². The second-order valence-corrected chi connectivity index (χ2v) is 4.02. The van der Waals surface area contributed by atoms with Gasteiger partial charge in [0.1, 0.15) is 0 Å². The fraction of sp³-hybridized carbons (Fsp3) is 0.500. The summed E-state index contributed by atoms with van der Waals surface area (Å²) in [5.74, 6) is -0.171. The lowest BCUT2D eigenvalue weighted by molar-refractivity contribution is -0.123. The van der Waals surface area contributed by atoms with E-state index in [4.69, 9.17) is 5.73 Å². The predicted octanol–water partition coefficient (Wildman–Crippen LogP) is 0.951. The Morgan fingerprint density at radius 3 is 2.92 bits per heavy atom. The molecule has 12 heavy (non-hydrogen) atoms. The summed E-state index contributed by atoms with van der Waals surface area (Å²) in [5, 5.41) is 1.98. The number of thiazole rings is 1. The molecule has 0 aromatic carbocycles. The molecule has 0 bridgehead atoms. The molecule has 1 aliphatic carbocycles. The number of nitrogens with two attached hydrogens (primary N) is 1. The molecule has 64 valence electrons. The number of primary amides is 1. The minimum atomic E-state index is -0.242. The molecule has 0 unspecified atom stereocenters. The van der Waals surface area contributed by atoms with E-state index in [9.17, 15) is 4.79 Å². The van der Waals surface area contributed by atoms with E-state index in [0.717, 1.165) is 25.0 Å². The van der Waals surface area contributed by atoms with Crippen molar-refractivity contribution in [3.05, 3.63) is 16.6 Å². The average Bonchev–Trinajstić information content (AvgIpc) is 2.60. The van der Waals surface area contributed by atoms with Crippen molar-refractivity contribution in [3.8, 4) is 0 Å². The van der Waals surface area contributed by atoms with Crippen molar-refractivity contribution in [2.45, 2.75) is 19.3 Å². The fourth-order valence-corrected chi connectivity index (χ4v) is 1.89. The number of hydrogen-bond acceptors (Lipinski definition) is 3. The molecule has 1 amide bonds. The monoisotopic (exact) mass is 182 g/mol. The van der Waals surface area contributed by atoms with Gasteiger partial charge in [-0.15, -0.1) is 11.3 Å². The van der Waals surface area contributed by atoms with Crippen LogP contribution in [-0.4, -0.2) is 10.9 Å². The van der Waals surface area contributed by atoms with E-state index < -0.39 is 0 Å². The van der Waals surface area contributed by atoms with Gasteiger partial charge >= 0.3 is 0 Å². The van der Waals surface area contributed by atoms with E-state index in [1.165, 1.54) is 0 Å².